The summed E-state index contributed by atoms with van der Waals surface area (Å²) in [5.41, 5.74) is 0. The Bertz CT molecular complexity index is 369. The number of anilines is 1. The van der Waals surface area contributed by atoms with Gasteiger partial charge in [0.2, 0.25) is 11.8 Å². The number of amides is 1. The molecule has 1 unspecified atom stereocenters. The molecule has 1 heterocycles. The number of nitrogens with one attached hydrogen (secondary N) is 2. The minimum atomic E-state index is -0.318. The Labute approximate surface area is 102 Å². The summed E-state index contributed by atoms with van der Waals surface area (Å²) in [4.78, 5) is 15.8. The van der Waals surface area contributed by atoms with Crippen LogP contribution in [0.5, 0.6) is 5.88 Å². The number of hydrogen-bond acceptors (Lipinski definition) is 4. The number of hydrogen-bond donors (Lipinski definition) is 2. The lowest BCUT2D eigenvalue weighted by molar-refractivity contribution is -0.121. The van der Waals surface area contributed by atoms with Gasteiger partial charge in [-0.1, -0.05) is 13.0 Å². The summed E-state index contributed by atoms with van der Waals surface area (Å²) in [7, 11) is 1.56. The van der Waals surface area contributed by atoms with Crippen molar-refractivity contribution in [3.63, 3.8) is 0 Å². The predicted octanol–water partition coefficient (Wildman–Crippen LogP) is 1.42. The summed E-state index contributed by atoms with van der Waals surface area (Å²) in [6, 6.07) is 5.06. The van der Waals surface area contributed by atoms with Gasteiger partial charge in [0, 0.05) is 12.6 Å². The highest BCUT2D eigenvalue weighted by molar-refractivity contribution is 5.83. The number of ether oxygens (including phenoxy) is 1. The highest BCUT2D eigenvalue weighted by Crippen LogP contribution is 2.11. The molecule has 17 heavy (non-hydrogen) atoms. The van der Waals surface area contributed by atoms with Gasteiger partial charge >= 0.3 is 0 Å². The molecule has 0 radical (unpaired) electrons. The Morgan fingerprint density at radius 2 is 2.29 bits per heavy atom. The molecule has 5 heteroatoms. The van der Waals surface area contributed by atoms with Gasteiger partial charge in [-0.15, -0.1) is 0 Å². The van der Waals surface area contributed by atoms with Crippen molar-refractivity contribution in [2.75, 3.05) is 19.0 Å². The van der Waals surface area contributed by atoms with Gasteiger partial charge in [0.15, 0.2) is 0 Å². The van der Waals surface area contributed by atoms with E-state index < -0.39 is 0 Å². The van der Waals surface area contributed by atoms with E-state index in [1.165, 1.54) is 0 Å². The van der Waals surface area contributed by atoms with Crippen LogP contribution in [0.2, 0.25) is 0 Å². The van der Waals surface area contributed by atoms with Crippen LogP contribution >= 0.6 is 0 Å². The molecule has 94 valence electrons. The molecule has 1 rings (SSSR count). The topological polar surface area (TPSA) is 63.2 Å². The highest BCUT2D eigenvalue weighted by Gasteiger charge is 2.12. The second-order valence-corrected chi connectivity index (χ2v) is 3.72. The summed E-state index contributed by atoms with van der Waals surface area (Å²) in [6.07, 6.45) is 0.926. The third-order valence-corrected chi connectivity index (χ3v) is 2.24. The standard InChI is InChI=1S/C12H19N3O2/c1-4-8-13-12(16)9(2)14-10-6-5-7-11(15-10)17-3/h5-7,9H,4,8H2,1-3H3,(H,13,16)(H,14,15). The molecule has 0 aromatic carbocycles. The van der Waals surface area contributed by atoms with Crippen LogP contribution in [0.1, 0.15) is 20.3 Å². The molecule has 0 aliphatic rings. The van der Waals surface area contributed by atoms with E-state index in [1.807, 2.05) is 13.0 Å². The van der Waals surface area contributed by atoms with Crippen LogP contribution < -0.4 is 15.4 Å². The minimum absolute atomic E-state index is 0.0310. The maximum absolute atomic E-state index is 11.6. The Hall–Kier alpha value is -1.78. The quantitative estimate of drug-likeness (QED) is 0.785. The second kappa shape index (κ2) is 6.73. The summed E-state index contributed by atoms with van der Waals surface area (Å²) in [5.74, 6) is 1.12. The van der Waals surface area contributed by atoms with E-state index in [9.17, 15) is 4.79 Å². The molecule has 0 aliphatic heterocycles. The molecule has 0 aliphatic carbocycles. The Morgan fingerprint density at radius 3 is 2.94 bits per heavy atom. The fourth-order valence-corrected chi connectivity index (χ4v) is 1.30. The Balaban J connectivity index is 2.54. The van der Waals surface area contributed by atoms with Gasteiger partial charge in [-0.05, 0) is 19.4 Å². The van der Waals surface area contributed by atoms with E-state index in [1.54, 1.807) is 26.2 Å². The van der Waals surface area contributed by atoms with Gasteiger partial charge in [-0.2, -0.15) is 4.98 Å². The van der Waals surface area contributed by atoms with Gasteiger partial charge in [0.05, 0.1) is 7.11 Å². The summed E-state index contributed by atoms with van der Waals surface area (Å²) >= 11 is 0. The third-order valence-electron chi connectivity index (χ3n) is 2.24. The molecule has 0 fully saturated rings. The van der Waals surface area contributed by atoms with Gasteiger partial charge < -0.3 is 15.4 Å². The van der Waals surface area contributed by atoms with Crippen LogP contribution in [-0.2, 0) is 4.79 Å². The normalized spacial score (nSPS) is 11.7. The smallest absolute Gasteiger partial charge is 0.242 e. The van der Waals surface area contributed by atoms with Crippen molar-refractivity contribution in [3.05, 3.63) is 18.2 Å². The Kier molecular flexibility index (Phi) is 5.26. The molecular weight excluding hydrogens is 218 g/mol. The van der Waals surface area contributed by atoms with E-state index in [2.05, 4.69) is 15.6 Å². The molecule has 1 aromatic rings. The number of nitrogens with zero attached hydrogens (tertiary/aromatic N) is 1. The lowest BCUT2D eigenvalue weighted by atomic mass is 10.3. The fraction of sp³-hybridized carbons (Fsp3) is 0.500. The van der Waals surface area contributed by atoms with Gasteiger partial charge in [-0.25, -0.2) is 0 Å². The third kappa shape index (κ3) is 4.30. The van der Waals surface area contributed by atoms with Gasteiger partial charge in [-0.3, -0.25) is 4.79 Å². The van der Waals surface area contributed by atoms with Crippen molar-refractivity contribution in [2.45, 2.75) is 26.3 Å². The van der Waals surface area contributed by atoms with E-state index in [4.69, 9.17) is 4.74 Å². The maximum atomic E-state index is 11.6. The number of carbonyl (C=O) groups excluding carboxylic acids is 1. The lowest BCUT2D eigenvalue weighted by Gasteiger charge is -2.14. The van der Waals surface area contributed by atoms with E-state index >= 15 is 0 Å². The van der Waals surface area contributed by atoms with Crippen LogP contribution in [-0.4, -0.2) is 30.6 Å². The largest absolute Gasteiger partial charge is 0.481 e. The number of carbonyl (C=O) groups is 1. The average molecular weight is 237 g/mol. The van der Waals surface area contributed by atoms with Crippen LogP contribution in [0.3, 0.4) is 0 Å². The minimum Gasteiger partial charge on any atom is -0.481 e. The second-order valence-electron chi connectivity index (χ2n) is 3.72. The maximum Gasteiger partial charge on any atom is 0.242 e. The molecule has 0 saturated heterocycles. The predicted molar refractivity (Wildman–Crippen MR) is 67.2 cm³/mol. The van der Waals surface area contributed by atoms with Crippen molar-refractivity contribution in [1.29, 1.82) is 0 Å². The first-order valence-corrected chi connectivity index (χ1v) is 5.72. The van der Waals surface area contributed by atoms with Gasteiger partial charge in [0.25, 0.3) is 0 Å². The number of pyridine rings is 1. The van der Waals surface area contributed by atoms with Crippen LogP contribution in [0.15, 0.2) is 18.2 Å². The van der Waals surface area contributed by atoms with Gasteiger partial charge in [0.1, 0.15) is 11.9 Å². The van der Waals surface area contributed by atoms with Crippen molar-refractivity contribution >= 4 is 11.7 Å². The number of rotatable bonds is 6. The van der Waals surface area contributed by atoms with E-state index in [-0.39, 0.29) is 11.9 Å². The molecule has 0 saturated carbocycles. The molecule has 0 spiro atoms. The molecule has 2 N–H and O–H groups in total. The van der Waals surface area contributed by atoms with Crippen molar-refractivity contribution in [3.8, 4) is 5.88 Å². The molecule has 1 amide bonds. The fourth-order valence-electron chi connectivity index (χ4n) is 1.30. The summed E-state index contributed by atoms with van der Waals surface area (Å²) in [6.45, 7) is 4.50. The first-order valence-electron chi connectivity index (χ1n) is 5.72. The Morgan fingerprint density at radius 1 is 1.53 bits per heavy atom. The van der Waals surface area contributed by atoms with E-state index in [0.717, 1.165) is 6.42 Å². The zero-order valence-corrected chi connectivity index (χ0v) is 10.5. The molecule has 5 nitrogen and oxygen atoms in total. The monoisotopic (exact) mass is 237 g/mol. The first kappa shape index (κ1) is 13.3. The highest BCUT2D eigenvalue weighted by atomic mass is 16.5. The lowest BCUT2D eigenvalue weighted by Crippen LogP contribution is -2.38. The molecule has 1 atom stereocenters. The molecule has 1 aromatic heterocycles. The van der Waals surface area contributed by atoms with Crippen molar-refractivity contribution in [2.24, 2.45) is 0 Å². The molecule has 0 bridgehead atoms. The van der Waals surface area contributed by atoms with Crippen molar-refractivity contribution < 1.29 is 9.53 Å². The summed E-state index contributed by atoms with van der Waals surface area (Å²) < 4.78 is 5.01. The van der Waals surface area contributed by atoms with E-state index in [0.29, 0.717) is 18.2 Å². The zero-order valence-electron chi connectivity index (χ0n) is 10.5. The summed E-state index contributed by atoms with van der Waals surface area (Å²) in [5, 5.41) is 5.84. The van der Waals surface area contributed by atoms with Crippen LogP contribution in [0.25, 0.3) is 0 Å². The number of aromatic nitrogens is 1. The SMILES string of the molecule is CCCNC(=O)C(C)Nc1cccc(OC)n1. The molecular formula is C12H19N3O2. The first-order chi connectivity index (χ1) is 8.17. The van der Waals surface area contributed by atoms with Crippen molar-refractivity contribution in [1.82, 2.24) is 10.3 Å². The average Bonchev–Trinajstić information content (AvgIpc) is 2.36. The zero-order chi connectivity index (χ0) is 12.7. The van der Waals surface area contributed by atoms with Crippen LogP contribution in [0, 0.1) is 0 Å². The number of methoxy groups -OCH3 is 1. The van der Waals surface area contributed by atoms with Crippen LogP contribution in [0.4, 0.5) is 5.82 Å².